The van der Waals surface area contributed by atoms with Gasteiger partial charge in [0.25, 0.3) is 0 Å². The summed E-state index contributed by atoms with van der Waals surface area (Å²) in [4.78, 5) is 14.9. The van der Waals surface area contributed by atoms with Gasteiger partial charge >= 0.3 is 0 Å². The van der Waals surface area contributed by atoms with Gasteiger partial charge in [-0.05, 0) is 124 Å². The fraction of sp³-hybridized carbons (Fsp3) is 0.825. The molecule has 0 aromatic rings. The Hall–Kier alpha value is -1.83. The van der Waals surface area contributed by atoms with Crippen LogP contribution < -0.4 is 16.4 Å². The molecule has 11 heteroatoms. The Kier molecular flexibility index (Phi) is 9.69. The lowest BCUT2D eigenvalue weighted by Crippen LogP contribution is -2.69. The number of nitrogens with two attached hydrogens (primary N) is 1. The fourth-order valence-corrected chi connectivity index (χ4v) is 12.6. The number of carbonyl (C=O) groups is 1. The van der Waals surface area contributed by atoms with E-state index in [1.54, 1.807) is 13.8 Å². The Morgan fingerprint density at radius 2 is 1.88 bits per heavy atom. The number of nitrogens with one attached hydrogen (secondary N) is 2. The normalized spacial score (nSPS) is 48.3. The molecule has 0 radical (unpaired) electrons. The molecule has 11 nitrogen and oxygen atoms in total. The molecule has 15 atom stereocenters. The van der Waals surface area contributed by atoms with Crippen molar-refractivity contribution < 1.29 is 40.2 Å². The van der Waals surface area contributed by atoms with Crippen molar-refractivity contribution >= 4 is 5.78 Å². The second-order valence-electron chi connectivity index (χ2n) is 18.2. The summed E-state index contributed by atoms with van der Waals surface area (Å²) in [5.41, 5.74) is 1.70. The van der Waals surface area contributed by atoms with Crippen molar-refractivity contribution in [1.29, 1.82) is 0 Å². The number of ketones is 1. The van der Waals surface area contributed by atoms with Crippen molar-refractivity contribution in [2.45, 2.75) is 152 Å². The Morgan fingerprint density at radius 1 is 1.12 bits per heavy atom. The van der Waals surface area contributed by atoms with Crippen LogP contribution in [0, 0.1) is 40.4 Å². The molecule has 15 unspecified atom stereocenters. The van der Waals surface area contributed by atoms with Crippen LogP contribution in [0.25, 0.3) is 0 Å². The first kappa shape index (κ1) is 37.5. The van der Waals surface area contributed by atoms with Gasteiger partial charge in [0.2, 0.25) is 0 Å². The maximum absolute atomic E-state index is 14.9. The van der Waals surface area contributed by atoms with Crippen LogP contribution in [-0.4, -0.2) is 97.0 Å². The van der Waals surface area contributed by atoms with Crippen molar-refractivity contribution in [2.75, 3.05) is 13.2 Å². The van der Waals surface area contributed by atoms with E-state index in [1.165, 1.54) is 0 Å². The monoisotopic (exact) mass is 713 g/mol. The Morgan fingerprint density at radius 3 is 2.59 bits per heavy atom. The highest BCUT2D eigenvalue weighted by Crippen LogP contribution is 2.71. The maximum Gasteiger partial charge on any atom is 0.182 e. The van der Waals surface area contributed by atoms with Crippen LogP contribution in [-0.2, 0) is 9.53 Å². The van der Waals surface area contributed by atoms with Gasteiger partial charge in [-0.2, -0.15) is 0 Å². The predicted octanol–water partition coefficient (Wildman–Crippen LogP) is 2.28. The molecule has 0 bridgehead atoms. The van der Waals surface area contributed by atoms with Crippen molar-refractivity contribution in [1.82, 2.24) is 10.6 Å². The largest absolute Gasteiger partial charge is 0.392 e. The van der Waals surface area contributed by atoms with Crippen LogP contribution in [0.4, 0.5) is 0 Å². The molecule has 7 aliphatic rings. The van der Waals surface area contributed by atoms with Gasteiger partial charge in [-0.1, -0.05) is 32.8 Å². The first-order chi connectivity index (χ1) is 24.0. The van der Waals surface area contributed by atoms with Crippen molar-refractivity contribution in [3.63, 3.8) is 0 Å². The molecule has 51 heavy (non-hydrogen) atoms. The average Bonchev–Trinajstić information content (AvgIpc) is 3.52. The zero-order valence-corrected chi connectivity index (χ0v) is 31.0. The van der Waals surface area contributed by atoms with E-state index in [0.717, 1.165) is 24.8 Å². The molecule has 0 spiro atoms. The number of hydrogen-bond donors (Lipinski definition) is 9. The summed E-state index contributed by atoms with van der Waals surface area (Å²) >= 11 is 0. The number of dihydropyridines is 1. The minimum atomic E-state index is -1.60. The molecular weight excluding hydrogens is 650 g/mol. The van der Waals surface area contributed by atoms with Gasteiger partial charge in [0, 0.05) is 24.1 Å². The second kappa shape index (κ2) is 13.2. The fourth-order valence-electron chi connectivity index (χ4n) is 12.6. The van der Waals surface area contributed by atoms with Gasteiger partial charge in [-0.25, -0.2) is 0 Å². The SMILES string of the molecule is CC(O)CNC1=C2C(CCC3(C)C(C(C)(O)C4(O)CCCCC5C(C)COC54)CCC23O)C2(CCC3=CNC(N)C=C3)CC(O)C(O)CC2C1=O. The third kappa shape index (κ3) is 5.62. The smallest absolute Gasteiger partial charge is 0.182 e. The van der Waals surface area contributed by atoms with Crippen LogP contribution in [0.15, 0.2) is 35.2 Å². The van der Waals surface area contributed by atoms with Crippen molar-refractivity contribution in [3.05, 3.63) is 35.2 Å². The highest BCUT2D eigenvalue weighted by molar-refractivity contribution is 6.00. The van der Waals surface area contributed by atoms with Crippen molar-refractivity contribution in [3.8, 4) is 0 Å². The number of hydrogen-bond acceptors (Lipinski definition) is 11. The van der Waals surface area contributed by atoms with Gasteiger partial charge in [0.15, 0.2) is 5.78 Å². The highest BCUT2D eigenvalue weighted by Gasteiger charge is 2.73. The molecule has 2 heterocycles. The predicted molar refractivity (Wildman–Crippen MR) is 191 cm³/mol. The first-order valence-corrected chi connectivity index (χ1v) is 19.7. The number of aliphatic hydroxyl groups is 6. The summed E-state index contributed by atoms with van der Waals surface area (Å²) in [7, 11) is 0. The van der Waals surface area contributed by atoms with Crippen LogP contribution >= 0.6 is 0 Å². The van der Waals surface area contributed by atoms with E-state index in [2.05, 4.69) is 17.6 Å². The molecule has 286 valence electrons. The van der Waals surface area contributed by atoms with E-state index < -0.39 is 63.9 Å². The molecular formula is C40H63N3O8. The molecule has 1 saturated heterocycles. The summed E-state index contributed by atoms with van der Waals surface area (Å²) in [6.07, 6.45) is 8.70. The Labute approximate surface area is 302 Å². The van der Waals surface area contributed by atoms with Crippen LogP contribution in [0.5, 0.6) is 0 Å². The molecule has 0 aromatic carbocycles. The highest BCUT2D eigenvalue weighted by atomic mass is 16.5. The number of fused-ring (bicyclic) bond motifs is 6. The molecule has 5 fully saturated rings. The lowest BCUT2D eigenvalue weighted by molar-refractivity contribution is -0.248. The van der Waals surface area contributed by atoms with Crippen LogP contribution in [0.3, 0.4) is 0 Å². The van der Waals surface area contributed by atoms with E-state index in [1.807, 2.05) is 25.3 Å². The maximum atomic E-state index is 14.9. The number of allylic oxidation sites excluding steroid dienone is 3. The van der Waals surface area contributed by atoms with E-state index in [4.69, 9.17) is 10.5 Å². The lowest BCUT2D eigenvalue weighted by atomic mass is 9.43. The Balaban J connectivity index is 1.32. The summed E-state index contributed by atoms with van der Waals surface area (Å²) < 4.78 is 6.33. The minimum absolute atomic E-state index is 0.109. The summed E-state index contributed by atoms with van der Waals surface area (Å²) in [6.45, 7) is 8.25. The molecule has 7 rings (SSSR count). The molecule has 4 saturated carbocycles. The van der Waals surface area contributed by atoms with Gasteiger partial charge < -0.3 is 51.7 Å². The second-order valence-corrected chi connectivity index (χ2v) is 18.2. The number of ether oxygens (including phenoxy) is 1. The van der Waals surface area contributed by atoms with E-state index >= 15 is 0 Å². The summed E-state index contributed by atoms with van der Waals surface area (Å²) in [5, 5.41) is 78.0. The average molecular weight is 714 g/mol. The number of aliphatic hydroxyl groups excluding tert-OH is 3. The zero-order chi connectivity index (χ0) is 36.7. The molecule has 10 N–H and O–H groups in total. The summed E-state index contributed by atoms with van der Waals surface area (Å²) in [6, 6.07) is 0. The molecule has 0 amide bonds. The van der Waals surface area contributed by atoms with E-state index in [-0.39, 0.29) is 49.1 Å². The van der Waals surface area contributed by atoms with E-state index in [0.29, 0.717) is 62.8 Å². The van der Waals surface area contributed by atoms with Gasteiger partial charge in [-0.3, -0.25) is 4.79 Å². The molecule has 5 aliphatic carbocycles. The van der Waals surface area contributed by atoms with Gasteiger partial charge in [0.05, 0.1) is 54.1 Å². The first-order valence-electron chi connectivity index (χ1n) is 19.7. The summed E-state index contributed by atoms with van der Waals surface area (Å²) in [5.74, 6) is -1.17. The third-order valence-electron chi connectivity index (χ3n) is 15.4. The molecule has 2 aliphatic heterocycles. The van der Waals surface area contributed by atoms with Crippen LogP contribution in [0.2, 0.25) is 0 Å². The number of Topliss-reactive ketones (excluding diaryl/α,β-unsaturated/α-hetero) is 1. The number of carbonyl (C=O) groups excluding carboxylic acids is 1. The topological polar surface area (TPSA) is 198 Å². The quantitative estimate of drug-likeness (QED) is 0.179. The van der Waals surface area contributed by atoms with E-state index in [9.17, 15) is 35.4 Å². The third-order valence-corrected chi connectivity index (χ3v) is 15.4. The van der Waals surface area contributed by atoms with Crippen molar-refractivity contribution in [2.24, 2.45) is 46.2 Å². The zero-order valence-electron chi connectivity index (χ0n) is 31.0. The standard InChI is InChI=1S/C40H63N3O8/c1-22-21-51-35-25(22)7-5-6-13-40(35,50)37(4,48)30-12-16-39(49)32-26(11-14-36(30,39)3)38(15-10-24-8-9-31(41)42-20-24)18-29(46)28(45)17-27(38)34(47)33(32)43-19-23(2)44/h8-9,20,22-23,25-31,35,42-46,48-50H,5-7,10-19,21,41H2,1-4H3. The molecule has 0 aromatic heterocycles. The lowest BCUT2D eigenvalue weighted by Gasteiger charge is -2.63. The van der Waals surface area contributed by atoms with Crippen LogP contribution in [0.1, 0.15) is 105 Å². The minimum Gasteiger partial charge on any atom is -0.392 e. The van der Waals surface area contributed by atoms with Gasteiger partial charge in [-0.15, -0.1) is 0 Å². The number of rotatable bonds is 8. The van der Waals surface area contributed by atoms with Gasteiger partial charge in [0.1, 0.15) is 5.60 Å². The Bertz CT molecular complexity index is 1460.